The summed E-state index contributed by atoms with van der Waals surface area (Å²) in [7, 11) is 2.03. The zero-order valence-corrected chi connectivity index (χ0v) is 25.1. The van der Waals surface area contributed by atoms with Gasteiger partial charge in [-0.05, 0) is 65.2 Å². The number of nitrogens with zero attached hydrogens (tertiary/aromatic N) is 5. The third kappa shape index (κ3) is 6.41. The largest absolute Gasteiger partial charge is 0.444 e. The van der Waals surface area contributed by atoms with Gasteiger partial charge in [-0.3, -0.25) is 24.8 Å². The number of carbonyl (C=O) groups is 3. The lowest BCUT2D eigenvalue weighted by molar-refractivity contribution is -0.135. The number of amides is 3. The van der Waals surface area contributed by atoms with Gasteiger partial charge in [0, 0.05) is 68.4 Å². The SMILES string of the molecule is Bc1ccc2c(CN3CCN(C4CCN(C(=O)OC(C)(C)C)CC4)CC3)cc(NN3C(=O)C(C)=C(C)C3=O)nc2c1. The summed E-state index contributed by atoms with van der Waals surface area (Å²) in [6.07, 6.45) is 1.71. The van der Waals surface area contributed by atoms with Crippen LogP contribution in [0.3, 0.4) is 0 Å². The van der Waals surface area contributed by atoms with Crippen molar-refractivity contribution >= 4 is 47.9 Å². The van der Waals surface area contributed by atoms with E-state index < -0.39 is 5.60 Å². The number of aromatic nitrogens is 1. The van der Waals surface area contributed by atoms with E-state index in [1.165, 1.54) is 0 Å². The summed E-state index contributed by atoms with van der Waals surface area (Å²) < 4.78 is 5.55. The van der Waals surface area contributed by atoms with Crippen molar-refractivity contribution in [3.05, 3.63) is 41.0 Å². The summed E-state index contributed by atoms with van der Waals surface area (Å²) in [6.45, 7) is 15.1. The Morgan fingerprint density at radius 2 is 1.63 bits per heavy atom. The summed E-state index contributed by atoms with van der Waals surface area (Å²) in [5.74, 6) is -0.195. The molecule has 10 nitrogen and oxygen atoms in total. The molecule has 2 aromatic rings. The Morgan fingerprint density at radius 3 is 2.24 bits per heavy atom. The number of carbonyl (C=O) groups excluding carboxylic acids is 3. The van der Waals surface area contributed by atoms with Gasteiger partial charge >= 0.3 is 6.09 Å². The fraction of sp³-hybridized carbons (Fsp3) is 0.533. The Kier molecular flexibility index (Phi) is 8.12. The summed E-state index contributed by atoms with van der Waals surface area (Å²) >= 11 is 0. The number of fused-ring (bicyclic) bond motifs is 1. The number of hydrogen-bond donors (Lipinski definition) is 1. The molecule has 11 heteroatoms. The predicted molar refractivity (Wildman–Crippen MR) is 161 cm³/mol. The Hall–Kier alpha value is -3.44. The molecular formula is C30H41BN6O4. The number of imide groups is 1. The van der Waals surface area contributed by atoms with Gasteiger partial charge in [0.2, 0.25) is 0 Å². The number of anilines is 1. The summed E-state index contributed by atoms with van der Waals surface area (Å²) in [5.41, 5.74) is 6.45. The zero-order chi connectivity index (χ0) is 29.5. The normalized spacial score (nSPS) is 19.9. The van der Waals surface area contributed by atoms with Gasteiger partial charge in [0.1, 0.15) is 19.3 Å². The summed E-state index contributed by atoms with van der Waals surface area (Å²) in [4.78, 5) is 49.3. The molecule has 0 spiro atoms. The molecule has 218 valence electrons. The quantitative estimate of drug-likeness (QED) is 0.439. The number of nitrogens with one attached hydrogen (secondary N) is 1. The maximum atomic E-state index is 12.6. The molecule has 0 bridgehead atoms. The van der Waals surface area contributed by atoms with Gasteiger partial charge in [0.25, 0.3) is 11.8 Å². The minimum atomic E-state index is -0.474. The van der Waals surface area contributed by atoms with Crippen LogP contribution in [0.2, 0.25) is 0 Å². The molecule has 4 heterocycles. The van der Waals surface area contributed by atoms with Crippen molar-refractivity contribution < 1.29 is 19.1 Å². The van der Waals surface area contributed by atoms with Crippen molar-refractivity contribution in [2.24, 2.45) is 0 Å². The molecule has 0 radical (unpaired) electrons. The lowest BCUT2D eigenvalue weighted by Gasteiger charge is -2.43. The molecule has 3 amide bonds. The molecule has 1 N–H and O–H groups in total. The number of pyridine rings is 1. The van der Waals surface area contributed by atoms with Crippen LogP contribution in [-0.2, 0) is 20.9 Å². The van der Waals surface area contributed by atoms with Crippen molar-refractivity contribution in [1.29, 1.82) is 0 Å². The number of benzene rings is 1. The highest BCUT2D eigenvalue weighted by Gasteiger charge is 2.34. The van der Waals surface area contributed by atoms with Gasteiger partial charge in [-0.1, -0.05) is 17.6 Å². The molecule has 1 aromatic heterocycles. The Balaban J connectivity index is 1.22. The Labute approximate surface area is 243 Å². The molecule has 0 atom stereocenters. The second kappa shape index (κ2) is 11.4. The van der Waals surface area contributed by atoms with Gasteiger partial charge in [-0.25, -0.2) is 9.78 Å². The third-order valence-electron chi connectivity index (χ3n) is 8.32. The van der Waals surface area contributed by atoms with Crippen LogP contribution < -0.4 is 10.9 Å². The van der Waals surface area contributed by atoms with Crippen LogP contribution >= 0.6 is 0 Å². The minimum absolute atomic E-state index is 0.214. The first kappa shape index (κ1) is 29.1. The fourth-order valence-electron chi connectivity index (χ4n) is 5.83. The van der Waals surface area contributed by atoms with Gasteiger partial charge in [-0.15, -0.1) is 0 Å². The first-order chi connectivity index (χ1) is 19.4. The van der Waals surface area contributed by atoms with Gasteiger partial charge in [0.15, 0.2) is 0 Å². The van der Waals surface area contributed by atoms with E-state index in [4.69, 9.17) is 9.72 Å². The van der Waals surface area contributed by atoms with E-state index in [1.54, 1.807) is 13.8 Å². The number of piperidine rings is 1. The minimum Gasteiger partial charge on any atom is -0.444 e. The maximum absolute atomic E-state index is 12.6. The average molecular weight is 561 g/mol. The molecule has 2 saturated heterocycles. The first-order valence-corrected chi connectivity index (χ1v) is 14.6. The Bertz CT molecular complexity index is 1360. The molecule has 2 fully saturated rings. The fourth-order valence-corrected chi connectivity index (χ4v) is 5.83. The maximum Gasteiger partial charge on any atom is 0.410 e. The highest BCUT2D eigenvalue weighted by molar-refractivity contribution is 6.33. The zero-order valence-electron chi connectivity index (χ0n) is 25.1. The molecule has 0 saturated carbocycles. The molecule has 3 aliphatic heterocycles. The molecule has 0 aliphatic carbocycles. The van der Waals surface area contributed by atoms with Gasteiger partial charge in [-0.2, -0.15) is 5.01 Å². The third-order valence-corrected chi connectivity index (χ3v) is 8.32. The molecule has 5 rings (SSSR count). The smallest absolute Gasteiger partial charge is 0.410 e. The second-order valence-corrected chi connectivity index (χ2v) is 12.5. The van der Waals surface area contributed by atoms with Crippen LogP contribution in [0, 0.1) is 0 Å². The Morgan fingerprint density at radius 1 is 1.00 bits per heavy atom. The number of hydrazine groups is 1. The van der Waals surface area contributed by atoms with Crippen LogP contribution in [0.4, 0.5) is 10.6 Å². The van der Waals surface area contributed by atoms with Gasteiger partial charge < -0.3 is 9.64 Å². The van der Waals surface area contributed by atoms with Crippen LogP contribution in [0.25, 0.3) is 10.9 Å². The molecule has 41 heavy (non-hydrogen) atoms. The second-order valence-electron chi connectivity index (χ2n) is 12.5. The standard InChI is InChI=1S/C30H41BN6O4/c1-19-20(2)28(39)37(27(19)38)33-26-16-21(24-7-6-22(31)17-25(24)32-26)18-34-12-14-35(15-13-34)23-8-10-36(11-9-23)29(40)41-30(3,4)5/h6-7,16-17,23H,8-15,18,31H2,1-5H3,(H,32,33). The van der Waals surface area contributed by atoms with E-state index in [9.17, 15) is 14.4 Å². The van der Waals surface area contributed by atoms with E-state index in [-0.39, 0.29) is 17.9 Å². The monoisotopic (exact) mass is 560 g/mol. The van der Waals surface area contributed by atoms with E-state index in [1.807, 2.05) is 45.7 Å². The number of rotatable bonds is 5. The van der Waals surface area contributed by atoms with Crippen LogP contribution in [-0.4, -0.2) is 101 Å². The molecule has 0 unspecified atom stereocenters. The van der Waals surface area contributed by atoms with Gasteiger partial charge in [0.05, 0.1) is 5.52 Å². The van der Waals surface area contributed by atoms with Crippen molar-refractivity contribution in [3.63, 3.8) is 0 Å². The highest BCUT2D eigenvalue weighted by Crippen LogP contribution is 2.26. The van der Waals surface area contributed by atoms with E-state index in [0.717, 1.165) is 85.6 Å². The summed E-state index contributed by atoms with van der Waals surface area (Å²) in [6, 6.07) is 8.67. The topological polar surface area (TPSA) is 98.3 Å². The van der Waals surface area contributed by atoms with Crippen molar-refractivity contribution in [2.75, 3.05) is 44.7 Å². The predicted octanol–water partition coefficient (Wildman–Crippen LogP) is 2.04. The summed E-state index contributed by atoms with van der Waals surface area (Å²) in [5, 5.41) is 2.13. The number of hydrogen-bond acceptors (Lipinski definition) is 8. The van der Waals surface area contributed by atoms with E-state index >= 15 is 0 Å². The van der Waals surface area contributed by atoms with Crippen molar-refractivity contribution in [3.8, 4) is 0 Å². The van der Waals surface area contributed by atoms with Crippen molar-refractivity contribution in [1.82, 2.24) is 24.7 Å². The number of piperazine rings is 1. The van der Waals surface area contributed by atoms with E-state index in [0.29, 0.717) is 23.0 Å². The number of likely N-dealkylation sites (tertiary alicyclic amines) is 1. The lowest BCUT2D eigenvalue weighted by atomic mass is 9.94. The molecular weight excluding hydrogens is 519 g/mol. The lowest BCUT2D eigenvalue weighted by Crippen LogP contribution is -2.53. The van der Waals surface area contributed by atoms with Crippen LogP contribution in [0.5, 0.6) is 0 Å². The highest BCUT2D eigenvalue weighted by atomic mass is 16.6. The average Bonchev–Trinajstić information content (AvgIpc) is 3.10. The van der Waals surface area contributed by atoms with Crippen LogP contribution in [0.15, 0.2) is 35.4 Å². The van der Waals surface area contributed by atoms with Crippen molar-refractivity contribution in [2.45, 2.75) is 65.6 Å². The van der Waals surface area contributed by atoms with Crippen LogP contribution in [0.1, 0.15) is 53.0 Å². The molecule has 1 aromatic carbocycles. The molecule has 3 aliphatic rings. The van der Waals surface area contributed by atoms with E-state index in [2.05, 4.69) is 27.4 Å². The number of ether oxygens (including phenoxy) is 1. The first-order valence-electron chi connectivity index (χ1n) is 14.6.